The van der Waals surface area contributed by atoms with Crippen molar-refractivity contribution in [2.24, 2.45) is 0 Å². The molecule has 2 N–H and O–H groups in total. The van der Waals surface area contributed by atoms with E-state index in [1.807, 2.05) is 20.8 Å². The van der Waals surface area contributed by atoms with E-state index in [4.69, 9.17) is 4.74 Å². The molecule has 0 aromatic heterocycles. The van der Waals surface area contributed by atoms with E-state index in [2.05, 4.69) is 10.6 Å². The predicted octanol–water partition coefficient (Wildman–Crippen LogP) is 1.96. The Bertz CT molecular complexity index is 293. The van der Waals surface area contributed by atoms with Crippen LogP contribution in [0.4, 0.5) is 4.79 Å². The molecule has 0 unspecified atom stereocenters. The first-order chi connectivity index (χ1) is 8.37. The van der Waals surface area contributed by atoms with Gasteiger partial charge in [-0.05, 0) is 46.5 Å². The lowest BCUT2D eigenvalue weighted by Gasteiger charge is -2.26. The molecule has 1 saturated carbocycles. The minimum atomic E-state index is -0.480. The number of ether oxygens (including phenoxy) is 1. The van der Waals surface area contributed by atoms with Crippen molar-refractivity contribution < 1.29 is 14.3 Å². The molecule has 5 nitrogen and oxygen atoms in total. The van der Waals surface area contributed by atoms with E-state index in [-0.39, 0.29) is 5.91 Å². The lowest BCUT2D eigenvalue weighted by atomic mass is 9.93. The van der Waals surface area contributed by atoms with Gasteiger partial charge in [-0.1, -0.05) is 0 Å². The fraction of sp³-hybridized carbons (Fsp3) is 0.846. The number of alkyl carbamates (subject to hydrolysis) is 1. The van der Waals surface area contributed by atoms with E-state index < -0.39 is 11.7 Å². The second-order valence-electron chi connectivity index (χ2n) is 5.73. The van der Waals surface area contributed by atoms with Crippen molar-refractivity contribution in [1.82, 2.24) is 10.6 Å². The Morgan fingerprint density at radius 2 is 1.94 bits per heavy atom. The highest BCUT2D eigenvalue weighted by Crippen LogP contribution is 2.17. The molecule has 0 spiro atoms. The van der Waals surface area contributed by atoms with Gasteiger partial charge in [-0.25, -0.2) is 4.79 Å². The summed E-state index contributed by atoms with van der Waals surface area (Å²) in [4.78, 5) is 22.8. The van der Waals surface area contributed by atoms with Crippen molar-refractivity contribution >= 4 is 12.0 Å². The summed E-state index contributed by atoms with van der Waals surface area (Å²) in [6, 6.07) is 0.385. The summed E-state index contributed by atoms with van der Waals surface area (Å²) in [6.07, 6.45) is 4.07. The van der Waals surface area contributed by atoms with Crippen LogP contribution in [0.3, 0.4) is 0 Å². The molecular formula is C13H24N2O3. The monoisotopic (exact) mass is 256 g/mol. The normalized spacial score (nSPS) is 15.7. The van der Waals surface area contributed by atoms with E-state index in [0.29, 0.717) is 25.4 Å². The first-order valence-corrected chi connectivity index (χ1v) is 6.63. The lowest BCUT2D eigenvalue weighted by molar-refractivity contribution is -0.122. The standard InChI is InChI=1S/C13H24N2O3/c1-13(2,3)18-12(17)14-9-5-8-11(16)15-10-6-4-7-10/h10H,4-9H2,1-3H3,(H,14,17)(H,15,16). The molecule has 0 aromatic carbocycles. The molecule has 1 aliphatic rings. The van der Waals surface area contributed by atoms with E-state index in [0.717, 1.165) is 12.8 Å². The highest BCUT2D eigenvalue weighted by Gasteiger charge is 2.19. The van der Waals surface area contributed by atoms with Gasteiger partial charge in [-0.2, -0.15) is 0 Å². The molecule has 0 aromatic rings. The SMILES string of the molecule is CC(C)(C)OC(=O)NCCCC(=O)NC1CCC1. The molecule has 18 heavy (non-hydrogen) atoms. The Morgan fingerprint density at radius 1 is 1.28 bits per heavy atom. The van der Waals surface area contributed by atoms with Gasteiger partial charge >= 0.3 is 6.09 Å². The maximum atomic E-state index is 11.5. The van der Waals surface area contributed by atoms with Crippen LogP contribution in [0.5, 0.6) is 0 Å². The average molecular weight is 256 g/mol. The van der Waals surface area contributed by atoms with Gasteiger partial charge in [0.25, 0.3) is 0 Å². The summed E-state index contributed by atoms with van der Waals surface area (Å²) in [5.41, 5.74) is -0.480. The quantitative estimate of drug-likeness (QED) is 0.739. The number of amides is 2. The molecule has 0 aliphatic heterocycles. The Labute approximate surface area is 109 Å². The Morgan fingerprint density at radius 3 is 2.44 bits per heavy atom. The van der Waals surface area contributed by atoms with Crippen LogP contribution in [-0.4, -0.2) is 30.2 Å². The molecule has 0 bridgehead atoms. The molecule has 0 heterocycles. The minimum Gasteiger partial charge on any atom is -0.444 e. The molecule has 0 atom stereocenters. The molecule has 1 fully saturated rings. The number of hydrogen-bond acceptors (Lipinski definition) is 3. The number of carbonyl (C=O) groups is 2. The largest absolute Gasteiger partial charge is 0.444 e. The Kier molecular flexibility index (Phi) is 5.44. The maximum absolute atomic E-state index is 11.5. The second-order valence-corrected chi connectivity index (χ2v) is 5.73. The summed E-state index contributed by atoms with van der Waals surface area (Å²) in [6.45, 7) is 5.92. The van der Waals surface area contributed by atoms with Crippen LogP contribution in [0.15, 0.2) is 0 Å². The third-order valence-corrected chi connectivity index (χ3v) is 2.72. The summed E-state index contributed by atoms with van der Waals surface area (Å²) >= 11 is 0. The first kappa shape index (κ1) is 14.8. The molecule has 104 valence electrons. The van der Waals surface area contributed by atoms with Crippen LogP contribution >= 0.6 is 0 Å². The van der Waals surface area contributed by atoms with Crippen molar-refractivity contribution in [1.29, 1.82) is 0 Å². The molecule has 1 aliphatic carbocycles. The van der Waals surface area contributed by atoms with Crippen LogP contribution in [0.25, 0.3) is 0 Å². The zero-order valence-electron chi connectivity index (χ0n) is 11.5. The van der Waals surface area contributed by atoms with Gasteiger partial charge in [0.15, 0.2) is 0 Å². The summed E-state index contributed by atoms with van der Waals surface area (Å²) in [5, 5.41) is 5.59. The van der Waals surface area contributed by atoms with E-state index in [1.54, 1.807) is 0 Å². The fourth-order valence-corrected chi connectivity index (χ4v) is 1.61. The maximum Gasteiger partial charge on any atom is 0.407 e. The van der Waals surface area contributed by atoms with E-state index in [9.17, 15) is 9.59 Å². The van der Waals surface area contributed by atoms with Gasteiger partial charge in [0, 0.05) is 19.0 Å². The van der Waals surface area contributed by atoms with Gasteiger partial charge in [0.1, 0.15) is 5.60 Å². The lowest BCUT2D eigenvalue weighted by Crippen LogP contribution is -2.39. The summed E-state index contributed by atoms with van der Waals surface area (Å²) < 4.78 is 5.09. The number of nitrogens with one attached hydrogen (secondary N) is 2. The third kappa shape index (κ3) is 6.47. The van der Waals surface area contributed by atoms with Crippen molar-refractivity contribution in [3.05, 3.63) is 0 Å². The van der Waals surface area contributed by atoms with Gasteiger partial charge < -0.3 is 15.4 Å². The first-order valence-electron chi connectivity index (χ1n) is 6.63. The van der Waals surface area contributed by atoms with E-state index in [1.165, 1.54) is 6.42 Å². The van der Waals surface area contributed by atoms with Gasteiger partial charge in [-0.15, -0.1) is 0 Å². The molecule has 2 amide bonds. The number of hydrogen-bond donors (Lipinski definition) is 2. The van der Waals surface area contributed by atoms with Crippen LogP contribution in [-0.2, 0) is 9.53 Å². The van der Waals surface area contributed by atoms with Gasteiger partial charge in [-0.3, -0.25) is 4.79 Å². The van der Waals surface area contributed by atoms with Crippen LogP contribution in [0, 0.1) is 0 Å². The molecule has 5 heteroatoms. The number of rotatable bonds is 5. The third-order valence-electron chi connectivity index (χ3n) is 2.72. The van der Waals surface area contributed by atoms with Crippen LogP contribution in [0.1, 0.15) is 52.9 Å². The van der Waals surface area contributed by atoms with Crippen molar-refractivity contribution in [3.63, 3.8) is 0 Å². The summed E-state index contributed by atoms with van der Waals surface area (Å²) in [5.74, 6) is 0.0747. The average Bonchev–Trinajstić information content (AvgIpc) is 2.16. The highest BCUT2D eigenvalue weighted by atomic mass is 16.6. The van der Waals surface area contributed by atoms with Crippen molar-refractivity contribution in [3.8, 4) is 0 Å². The van der Waals surface area contributed by atoms with Gasteiger partial charge in [0.2, 0.25) is 5.91 Å². The molecule has 0 saturated heterocycles. The van der Waals surface area contributed by atoms with Crippen molar-refractivity contribution in [2.45, 2.75) is 64.5 Å². The fourth-order valence-electron chi connectivity index (χ4n) is 1.61. The van der Waals surface area contributed by atoms with Crippen LogP contribution in [0.2, 0.25) is 0 Å². The van der Waals surface area contributed by atoms with Gasteiger partial charge in [0.05, 0.1) is 0 Å². The second kappa shape index (κ2) is 6.61. The van der Waals surface area contributed by atoms with Crippen molar-refractivity contribution in [2.75, 3.05) is 6.54 Å². The smallest absolute Gasteiger partial charge is 0.407 e. The zero-order valence-corrected chi connectivity index (χ0v) is 11.5. The van der Waals surface area contributed by atoms with E-state index >= 15 is 0 Å². The predicted molar refractivity (Wildman–Crippen MR) is 69.3 cm³/mol. The zero-order chi connectivity index (χ0) is 13.6. The molecule has 1 rings (SSSR count). The molecule has 0 radical (unpaired) electrons. The number of carbonyl (C=O) groups excluding carboxylic acids is 2. The van der Waals surface area contributed by atoms with Crippen LogP contribution < -0.4 is 10.6 Å². The molecular weight excluding hydrogens is 232 g/mol. The highest BCUT2D eigenvalue weighted by molar-refractivity contribution is 5.76. The topological polar surface area (TPSA) is 67.4 Å². The Balaban J connectivity index is 2.00. The minimum absolute atomic E-state index is 0.0747. The Hall–Kier alpha value is -1.26. The summed E-state index contributed by atoms with van der Waals surface area (Å²) in [7, 11) is 0.